The summed E-state index contributed by atoms with van der Waals surface area (Å²) in [5.41, 5.74) is 10.5. The molecule has 0 saturated heterocycles. The van der Waals surface area contributed by atoms with Crippen molar-refractivity contribution in [1.82, 2.24) is 9.78 Å². The average Bonchev–Trinajstić information content (AvgIpc) is 3.24. The minimum Gasteiger partial charge on any atom is -0.364 e. The van der Waals surface area contributed by atoms with Gasteiger partial charge in [-0.3, -0.25) is 9.59 Å². The molecule has 5 rings (SSSR count). The van der Waals surface area contributed by atoms with Gasteiger partial charge >= 0.3 is 0 Å². The Morgan fingerprint density at radius 3 is 2.42 bits per heavy atom. The fourth-order valence-corrected chi connectivity index (χ4v) is 5.23. The standard InChI is InChI=1S/C26H21ClN4O4S/c1-36(34,35)18-11-9-17(10-12-18)31-24-20(23(30-31)25(28)32)13-7-15-6-8-16(14-21(15)24)29-26(33)19-4-2-3-5-22(19)27/h2-6,8-12,14H,7,13H2,1H3,(H2,28,32)(H,29,33). The first-order chi connectivity index (χ1) is 17.1. The smallest absolute Gasteiger partial charge is 0.269 e. The van der Waals surface area contributed by atoms with Crippen molar-refractivity contribution in [2.24, 2.45) is 5.73 Å². The molecule has 3 aromatic carbocycles. The summed E-state index contributed by atoms with van der Waals surface area (Å²) in [7, 11) is -3.37. The van der Waals surface area contributed by atoms with Gasteiger partial charge in [-0.2, -0.15) is 5.10 Å². The van der Waals surface area contributed by atoms with E-state index in [0.717, 1.165) is 17.4 Å². The van der Waals surface area contributed by atoms with Gasteiger partial charge in [-0.1, -0.05) is 29.8 Å². The Morgan fingerprint density at radius 2 is 1.75 bits per heavy atom. The molecule has 8 nitrogen and oxygen atoms in total. The number of halogens is 1. The molecule has 4 aromatic rings. The molecule has 0 spiro atoms. The van der Waals surface area contributed by atoms with Crippen molar-refractivity contribution in [3.8, 4) is 16.9 Å². The average molecular weight is 521 g/mol. The van der Waals surface area contributed by atoms with Crippen molar-refractivity contribution in [3.05, 3.63) is 94.1 Å². The van der Waals surface area contributed by atoms with Crippen LogP contribution in [0.15, 0.2) is 71.6 Å². The summed E-state index contributed by atoms with van der Waals surface area (Å²) in [5, 5.41) is 7.72. The van der Waals surface area contributed by atoms with Crippen LogP contribution in [-0.4, -0.2) is 36.3 Å². The number of carbonyl (C=O) groups excluding carboxylic acids is 2. The Labute approximate surface area is 212 Å². The fraction of sp³-hybridized carbons (Fsp3) is 0.115. The number of hydrogen-bond donors (Lipinski definition) is 2. The van der Waals surface area contributed by atoms with Crippen molar-refractivity contribution < 1.29 is 18.0 Å². The summed E-state index contributed by atoms with van der Waals surface area (Å²) in [6, 6.07) is 18.6. The van der Waals surface area contributed by atoms with Crippen LogP contribution in [0.5, 0.6) is 0 Å². The predicted octanol–water partition coefficient (Wildman–Crippen LogP) is 4.05. The van der Waals surface area contributed by atoms with Crippen LogP contribution >= 0.6 is 11.6 Å². The normalized spacial score (nSPS) is 12.5. The van der Waals surface area contributed by atoms with Crippen molar-refractivity contribution in [1.29, 1.82) is 0 Å². The Hall–Kier alpha value is -3.95. The van der Waals surface area contributed by atoms with Crippen molar-refractivity contribution in [2.45, 2.75) is 17.7 Å². The molecular formula is C26H21ClN4O4S. The van der Waals surface area contributed by atoms with E-state index in [0.29, 0.717) is 46.1 Å². The minimum atomic E-state index is -3.37. The number of benzene rings is 3. The fourth-order valence-electron chi connectivity index (χ4n) is 4.38. The van der Waals surface area contributed by atoms with Crippen molar-refractivity contribution in [3.63, 3.8) is 0 Å². The summed E-state index contributed by atoms with van der Waals surface area (Å²) in [4.78, 5) is 25.2. The van der Waals surface area contributed by atoms with Crippen LogP contribution in [0, 0.1) is 0 Å². The molecule has 182 valence electrons. The molecule has 1 heterocycles. The molecule has 0 radical (unpaired) electrons. The van der Waals surface area contributed by atoms with Gasteiger partial charge in [0.1, 0.15) is 0 Å². The second-order valence-electron chi connectivity index (χ2n) is 8.52. The molecule has 10 heteroatoms. The van der Waals surface area contributed by atoms with Gasteiger partial charge in [0.2, 0.25) is 0 Å². The van der Waals surface area contributed by atoms with E-state index in [4.69, 9.17) is 17.3 Å². The lowest BCUT2D eigenvalue weighted by atomic mass is 9.88. The first-order valence-electron chi connectivity index (χ1n) is 11.0. The summed E-state index contributed by atoms with van der Waals surface area (Å²) in [6.45, 7) is 0. The summed E-state index contributed by atoms with van der Waals surface area (Å²) < 4.78 is 25.4. The number of aryl methyl sites for hydroxylation is 1. The number of carbonyl (C=O) groups is 2. The highest BCUT2D eigenvalue weighted by molar-refractivity contribution is 7.90. The molecule has 36 heavy (non-hydrogen) atoms. The predicted molar refractivity (Wildman–Crippen MR) is 137 cm³/mol. The highest BCUT2D eigenvalue weighted by atomic mass is 35.5. The third kappa shape index (κ3) is 4.27. The molecule has 1 aliphatic carbocycles. The third-order valence-corrected chi connectivity index (χ3v) is 7.57. The lowest BCUT2D eigenvalue weighted by Gasteiger charge is -2.20. The van der Waals surface area contributed by atoms with Gasteiger partial charge in [-0.15, -0.1) is 0 Å². The molecule has 0 unspecified atom stereocenters. The molecule has 1 aromatic heterocycles. The zero-order valence-electron chi connectivity index (χ0n) is 19.2. The number of rotatable bonds is 5. The molecule has 0 bridgehead atoms. The topological polar surface area (TPSA) is 124 Å². The van der Waals surface area contributed by atoms with Gasteiger partial charge in [-0.05, 0) is 66.9 Å². The van der Waals surface area contributed by atoms with E-state index < -0.39 is 15.7 Å². The van der Waals surface area contributed by atoms with Gasteiger partial charge in [0.15, 0.2) is 15.5 Å². The first-order valence-corrected chi connectivity index (χ1v) is 13.3. The highest BCUT2D eigenvalue weighted by Crippen LogP contribution is 2.38. The van der Waals surface area contributed by atoms with Crippen LogP contribution in [0.3, 0.4) is 0 Å². The number of anilines is 1. The number of hydrogen-bond acceptors (Lipinski definition) is 5. The number of amides is 2. The Kier molecular flexibility index (Phi) is 5.89. The van der Waals surface area contributed by atoms with Gasteiger partial charge in [0.05, 0.1) is 26.9 Å². The third-order valence-electron chi connectivity index (χ3n) is 6.11. The molecule has 2 amide bonds. The Balaban J connectivity index is 1.61. The first kappa shape index (κ1) is 23.8. The van der Waals surface area contributed by atoms with Crippen LogP contribution < -0.4 is 11.1 Å². The maximum absolute atomic E-state index is 12.8. The zero-order valence-corrected chi connectivity index (χ0v) is 20.7. The lowest BCUT2D eigenvalue weighted by Crippen LogP contribution is -2.15. The lowest BCUT2D eigenvalue weighted by molar-refractivity contribution is 0.0992. The second kappa shape index (κ2) is 8.92. The van der Waals surface area contributed by atoms with Crippen LogP contribution in [-0.2, 0) is 22.7 Å². The molecule has 3 N–H and O–H groups in total. The van der Waals surface area contributed by atoms with Crippen molar-refractivity contribution in [2.75, 3.05) is 11.6 Å². The van der Waals surface area contributed by atoms with E-state index in [1.807, 2.05) is 18.2 Å². The van der Waals surface area contributed by atoms with Crippen LogP contribution in [0.4, 0.5) is 5.69 Å². The van der Waals surface area contributed by atoms with Crippen LogP contribution in [0.1, 0.15) is 32.0 Å². The van der Waals surface area contributed by atoms with E-state index in [2.05, 4.69) is 10.4 Å². The zero-order chi connectivity index (χ0) is 25.6. The Morgan fingerprint density at radius 1 is 1.03 bits per heavy atom. The molecule has 0 atom stereocenters. The van der Waals surface area contributed by atoms with Crippen LogP contribution in [0.2, 0.25) is 5.02 Å². The molecule has 0 saturated carbocycles. The van der Waals surface area contributed by atoms with Crippen molar-refractivity contribution >= 4 is 38.9 Å². The number of aromatic nitrogens is 2. The quantitative estimate of drug-likeness (QED) is 0.411. The van der Waals surface area contributed by atoms with Crippen LogP contribution in [0.25, 0.3) is 16.9 Å². The highest BCUT2D eigenvalue weighted by Gasteiger charge is 2.28. The number of sulfone groups is 1. The van der Waals surface area contributed by atoms with E-state index in [9.17, 15) is 18.0 Å². The van der Waals surface area contributed by atoms with E-state index >= 15 is 0 Å². The largest absolute Gasteiger partial charge is 0.364 e. The summed E-state index contributed by atoms with van der Waals surface area (Å²) in [5.74, 6) is -0.997. The monoisotopic (exact) mass is 520 g/mol. The SMILES string of the molecule is CS(=O)(=O)c1ccc(-n2nc(C(N)=O)c3c2-c2cc(NC(=O)c4ccccc4Cl)ccc2CC3)cc1. The van der Waals surface area contributed by atoms with Gasteiger partial charge in [0.25, 0.3) is 11.8 Å². The van der Waals surface area contributed by atoms with Gasteiger partial charge in [-0.25, -0.2) is 13.1 Å². The van der Waals surface area contributed by atoms with E-state index in [1.54, 1.807) is 41.1 Å². The van der Waals surface area contributed by atoms with E-state index in [1.165, 1.54) is 12.1 Å². The summed E-state index contributed by atoms with van der Waals surface area (Å²) >= 11 is 6.17. The van der Waals surface area contributed by atoms with E-state index in [-0.39, 0.29) is 16.5 Å². The number of primary amides is 1. The Bertz CT molecular complexity index is 1640. The van der Waals surface area contributed by atoms with Gasteiger partial charge < -0.3 is 11.1 Å². The molecular weight excluding hydrogens is 500 g/mol. The number of nitrogens with two attached hydrogens (primary N) is 1. The minimum absolute atomic E-state index is 0.161. The van der Waals surface area contributed by atoms with Gasteiger partial charge in [0, 0.05) is 23.1 Å². The maximum Gasteiger partial charge on any atom is 0.269 e. The molecule has 1 aliphatic rings. The molecule has 0 aliphatic heterocycles. The number of fused-ring (bicyclic) bond motifs is 3. The summed E-state index contributed by atoms with van der Waals surface area (Å²) in [6.07, 6.45) is 2.37. The molecule has 0 fully saturated rings. The number of nitrogens with one attached hydrogen (secondary N) is 1. The number of nitrogens with zero attached hydrogens (tertiary/aromatic N) is 2. The second-order valence-corrected chi connectivity index (χ2v) is 10.9. The maximum atomic E-state index is 12.8.